The van der Waals surface area contributed by atoms with E-state index >= 15 is 0 Å². The van der Waals surface area contributed by atoms with Crippen LogP contribution in [0.3, 0.4) is 0 Å². The van der Waals surface area contributed by atoms with Crippen LogP contribution in [0.25, 0.3) is 0 Å². The number of nitrogens with one attached hydrogen (secondary N) is 4. The minimum absolute atomic E-state index is 0.0773. The summed E-state index contributed by atoms with van der Waals surface area (Å²) in [6.07, 6.45) is 9.29. The van der Waals surface area contributed by atoms with E-state index in [0.717, 1.165) is 98.7 Å². The van der Waals surface area contributed by atoms with Crippen LogP contribution < -0.4 is 21.3 Å². The highest BCUT2D eigenvalue weighted by Gasteiger charge is 2.29. The van der Waals surface area contributed by atoms with Crippen molar-refractivity contribution < 1.29 is 9.59 Å². The summed E-state index contributed by atoms with van der Waals surface area (Å²) in [4.78, 5) is 25.6. The van der Waals surface area contributed by atoms with Gasteiger partial charge in [-0.05, 0) is 105 Å². The third kappa shape index (κ3) is 8.52. The standard InChI is InChI=1S/C36H44N8O2S2/c45-31(20-23-4-8-25(9-5-23)27-12-16-37-17-13-27)39-35-43-41-33(47-35)29-2-1-3-30(22-29)34-42-44-36(48-34)40-32(46)21-24-6-10-26(11-7-24)28-14-18-38-19-15-28/h4-11,27-30,37-38H,1-3,12-22H2,(H,39,43,45)(H,40,44,46). The Morgan fingerprint density at radius 2 is 1.00 bits per heavy atom. The second kappa shape index (κ2) is 15.8. The molecule has 3 fully saturated rings. The van der Waals surface area contributed by atoms with Crippen molar-refractivity contribution in [1.82, 2.24) is 31.0 Å². The minimum atomic E-state index is -0.0773. The van der Waals surface area contributed by atoms with E-state index in [2.05, 4.69) is 90.2 Å². The van der Waals surface area contributed by atoms with Gasteiger partial charge in [0.1, 0.15) is 10.0 Å². The monoisotopic (exact) mass is 684 g/mol. The lowest BCUT2D eigenvalue weighted by molar-refractivity contribution is -0.116. The van der Waals surface area contributed by atoms with Gasteiger partial charge in [-0.2, -0.15) is 0 Å². The largest absolute Gasteiger partial charge is 0.317 e. The quantitative estimate of drug-likeness (QED) is 0.157. The van der Waals surface area contributed by atoms with Crippen molar-refractivity contribution in [1.29, 1.82) is 0 Å². The predicted octanol–water partition coefficient (Wildman–Crippen LogP) is 6.13. The first-order valence-electron chi connectivity index (χ1n) is 17.4. The van der Waals surface area contributed by atoms with Crippen LogP contribution in [0.5, 0.6) is 0 Å². The second-order valence-corrected chi connectivity index (χ2v) is 15.5. The van der Waals surface area contributed by atoms with Crippen molar-refractivity contribution in [3.8, 4) is 0 Å². The number of hydrogen-bond acceptors (Lipinski definition) is 10. The molecule has 2 saturated heterocycles. The molecule has 2 aliphatic heterocycles. The highest BCUT2D eigenvalue weighted by Crippen LogP contribution is 2.43. The number of benzene rings is 2. The molecule has 252 valence electrons. The van der Waals surface area contributed by atoms with E-state index in [1.165, 1.54) is 33.8 Å². The van der Waals surface area contributed by atoms with Crippen molar-refractivity contribution in [3.05, 3.63) is 80.8 Å². The molecule has 2 aromatic carbocycles. The van der Waals surface area contributed by atoms with Crippen molar-refractivity contribution in [2.24, 2.45) is 0 Å². The summed E-state index contributed by atoms with van der Waals surface area (Å²) in [5.41, 5.74) is 4.72. The fourth-order valence-corrected chi connectivity index (χ4v) is 9.18. The van der Waals surface area contributed by atoms with Gasteiger partial charge in [-0.1, -0.05) is 77.6 Å². The first kappa shape index (κ1) is 32.9. The van der Waals surface area contributed by atoms with E-state index in [0.29, 0.717) is 34.9 Å². The van der Waals surface area contributed by atoms with E-state index in [9.17, 15) is 9.59 Å². The second-order valence-electron chi connectivity index (χ2n) is 13.4. The van der Waals surface area contributed by atoms with E-state index in [1.807, 2.05) is 0 Å². The summed E-state index contributed by atoms with van der Waals surface area (Å²) >= 11 is 2.93. The van der Waals surface area contributed by atoms with Gasteiger partial charge in [-0.25, -0.2) is 0 Å². The topological polar surface area (TPSA) is 134 Å². The molecule has 1 aliphatic carbocycles. The van der Waals surface area contributed by atoms with Crippen LogP contribution in [0.15, 0.2) is 48.5 Å². The Kier molecular flexibility index (Phi) is 10.8. The van der Waals surface area contributed by atoms with Gasteiger partial charge in [-0.3, -0.25) is 9.59 Å². The Hall–Kier alpha value is -3.58. The molecule has 4 N–H and O–H groups in total. The molecule has 48 heavy (non-hydrogen) atoms. The van der Waals surface area contributed by atoms with Gasteiger partial charge in [0.05, 0.1) is 12.8 Å². The number of aromatic nitrogens is 4. The Balaban J connectivity index is 0.880. The van der Waals surface area contributed by atoms with Gasteiger partial charge in [0.25, 0.3) is 0 Å². The maximum absolute atomic E-state index is 12.8. The van der Waals surface area contributed by atoms with Crippen LogP contribution in [0.4, 0.5) is 10.3 Å². The van der Waals surface area contributed by atoms with Crippen LogP contribution in [0.1, 0.15) is 107 Å². The van der Waals surface area contributed by atoms with Crippen LogP contribution in [0, 0.1) is 0 Å². The van der Waals surface area contributed by atoms with E-state index < -0.39 is 0 Å². The number of nitrogens with zero attached hydrogens (tertiary/aromatic N) is 4. The summed E-state index contributed by atoms with van der Waals surface area (Å²) in [7, 11) is 0. The molecular formula is C36H44N8O2S2. The van der Waals surface area contributed by atoms with Crippen LogP contribution in [0.2, 0.25) is 0 Å². The van der Waals surface area contributed by atoms with Crippen LogP contribution in [-0.2, 0) is 22.4 Å². The average molecular weight is 685 g/mol. The molecule has 4 aromatic rings. The fourth-order valence-electron chi connectivity index (χ4n) is 7.36. The van der Waals surface area contributed by atoms with E-state index in [1.54, 1.807) is 0 Å². The van der Waals surface area contributed by atoms with Gasteiger partial charge < -0.3 is 21.3 Å². The molecular weight excluding hydrogens is 641 g/mol. The zero-order valence-electron chi connectivity index (χ0n) is 27.2. The lowest BCUT2D eigenvalue weighted by Gasteiger charge is -2.25. The normalized spacial score (nSPS) is 20.8. The van der Waals surface area contributed by atoms with Crippen LogP contribution >= 0.6 is 22.7 Å². The first-order chi connectivity index (χ1) is 23.6. The molecule has 3 aliphatic rings. The molecule has 2 amide bonds. The summed E-state index contributed by atoms with van der Waals surface area (Å²) in [5.74, 6) is 1.56. The number of rotatable bonds is 10. The third-order valence-corrected chi connectivity index (χ3v) is 12.1. The predicted molar refractivity (Wildman–Crippen MR) is 191 cm³/mol. The lowest BCUT2D eigenvalue weighted by Crippen LogP contribution is -2.26. The SMILES string of the molecule is O=C(Cc1ccc(C2CCNCC2)cc1)Nc1nnc(C2CCCC(c3nnc(NC(=O)Cc4ccc(C5CCNCC5)cc4)s3)C2)s1. The smallest absolute Gasteiger partial charge is 0.230 e. The first-order valence-corrected chi connectivity index (χ1v) is 19.0. The minimum Gasteiger partial charge on any atom is -0.317 e. The molecule has 12 heteroatoms. The summed E-state index contributed by atoms with van der Waals surface area (Å²) in [6.45, 7) is 4.27. The lowest BCUT2D eigenvalue weighted by atomic mass is 9.82. The highest BCUT2D eigenvalue weighted by molar-refractivity contribution is 7.15. The zero-order chi connectivity index (χ0) is 32.7. The Morgan fingerprint density at radius 1 is 0.583 bits per heavy atom. The number of carbonyl (C=O) groups is 2. The summed E-state index contributed by atoms with van der Waals surface area (Å²) in [5, 5.41) is 33.3. The molecule has 2 aromatic heterocycles. The number of anilines is 2. The van der Waals surface area contributed by atoms with Gasteiger partial charge >= 0.3 is 0 Å². The molecule has 0 spiro atoms. The molecule has 2 unspecified atom stereocenters. The summed E-state index contributed by atoms with van der Waals surface area (Å²) in [6, 6.07) is 17.0. The molecule has 4 heterocycles. The number of carbonyl (C=O) groups excluding carboxylic acids is 2. The molecule has 0 radical (unpaired) electrons. The van der Waals surface area contributed by atoms with Gasteiger partial charge in [0, 0.05) is 11.8 Å². The maximum atomic E-state index is 12.8. The van der Waals surface area contributed by atoms with Gasteiger partial charge in [0.15, 0.2) is 0 Å². The summed E-state index contributed by atoms with van der Waals surface area (Å²) < 4.78 is 0. The molecule has 2 atom stereocenters. The Morgan fingerprint density at radius 3 is 1.42 bits per heavy atom. The maximum Gasteiger partial charge on any atom is 0.230 e. The molecule has 10 nitrogen and oxygen atoms in total. The van der Waals surface area contributed by atoms with Gasteiger partial charge in [0.2, 0.25) is 22.1 Å². The molecule has 0 bridgehead atoms. The third-order valence-electron chi connectivity index (χ3n) is 10.1. The van der Waals surface area contributed by atoms with Crippen molar-refractivity contribution in [2.75, 3.05) is 36.8 Å². The zero-order valence-corrected chi connectivity index (χ0v) is 28.9. The Labute approximate surface area is 290 Å². The van der Waals surface area contributed by atoms with Crippen molar-refractivity contribution in [3.63, 3.8) is 0 Å². The highest BCUT2D eigenvalue weighted by atomic mass is 32.1. The fraction of sp³-hybridized carbons (Fsp3) is 0.500. The van der Waals surface area contributed by atoms with Crippen molar-refractivity contribution in [2.45, 2.75) is 87.9 Å². The van der Waals surface area contributed by atoms with Crippen molar-refractivity contribution >= 4 is 44.8 Å². The molecule has 1 saturated carbocycles. The van der Waals surface area contributed by atoms with E-state index in [-0.39, 0.29) is 23.7 Å². The average Bonchev–Trinajstić information content (AvgIpc) is 3.80. The number of hydrogen-bond donors (Lipinski definition) is 4. The van der Waals surface area contributed by atoms with E-state index in [4.69, 9.17) is 0 Å². The number of piperidine rings is 2. The molecule has 7 rings (SSSR count). The Bertz CT molecular complexity index is 1540. The van der Waals surface area contributed by atoms with Gasteiger partial charge in [-0.15, -0.1) is 20.4 Å². The van der Waals surface area contributed by atoms with Crippen LogP contribution in [-0.4, -0.2) is 58.4 Å². The number of amides is 2.